The van der Waals surface area contributed by atoms with Crippen LogP contribution in [0.25, 0.3) is 0 Å². The molecular weight excluding hydrogens is 235 g/mol. The van der Waals surface area contributed by atoms with Crippen LogP contribution in [0.4, 0.5) is 0 Å². The first-order chi connectivity index (χ1) is 7.30. The summed E-state index contributed by atoms with van der Waals surface area (Å²) in [4.78, 5) is 32.0. The number of nitrogens with zero attached hydrogens (tertiary/aromatic N) is 3. The Bertz CT molecular complexity index is 429. The van der Waals surface area contributed by atoms with Gasteiger partial charge in [-0.3, -0.25) is 9.36 Å². The van der Waals surface area contributed by atoms with Crippen LogP contribution in [0.2, 0.25) is 0 Å². The molecule has 0 amide bonds. The van der Waals surface area contributed by atoms with Crippen molar-refractivity contribution in [3.8, 4) is 0 Å². The van der Waals surface area contributed by atoms with E-state index < -0.39 is 19.1 Å². The van der Waals surface area contributed by atoms with E-state index >= 15 is 0 Å². The number of carbonyl (C=O) groups excluding carboxylic acids is 1. The van der Waals surface area contributed by atoms with Crippen molar-refractivity contribution in [3.63, 3.8) is 0 Å². The number of nitrogens with two attached hydrogens (primary N) is 1. The van der Waals surface area contributed by atoms with Crippen molar-refractivity contribution >= 4 is 18.8 Å². The second kappa shape index (κ2) is 4.75. The maximum absolute atomic E-state index is 10.8. The third-order valence-corrected chi connectivity index (χ3v) is 2.62. The topological polar surface area (TPSA) is 139 Å². The van der Waals surface area contributed by atoms with Crippen LogP contribution < -0.4 is 11.2 Å². The highest BCUT2D eigenvalue weighted by molar-refractivity contribution is 7.59. The Hall–Kier alpha value is -1.21. The molecule has 1 aromatic rings. The summed E-state index contributed by atoms with van der Waals surface area (Å²) in [7, 11) is -4.43. The summed E-state index contributed by atoms with van der Waals surface area (Å²) in [6.45, 7) is 1.34. The summed E-state index contributed by atoms with van der Waals surface area (Å²) in [6.07, 6.45) is 1.01. The number of rotatable bonds is 4. The third kappa shape index (κ3) is 3.42. The highest BCUT2D eigenvalue weighted by Gasteiger charge is 2.20. The van der Waals surface area contributed by atoms with Gasteiger partial charge in [-0.1, -0.05) is 0 Å². The summed E-state index contributed by atoms with van der Waals surface area (Å²) >= 11 is 0. The molecule has 8 nitrogen and oxygen atoms in total. The SMILES string of the molecule is CC(=O)[C@@H](N)Cc1ncc(P(=O)(O)O)nn1. The monoisotopic (exact) mass is 246 g/mol. The number of hydrogen-bond acceptors (Lipinski definition) is 6. The molecular formula is C7H11N4O4P. The molecule has 88 valence electrons. The molecule has 0 aromatic carbocycles. The Morgan fingerprint density at radius 3 is 2.56 bits per heavy atom. The van der Waals surface area contributed by atoms with E-state index in [2.05, 4.69) is 15.2 Å². The highest BCUT2D eigenvalue weighted by atomic mass is 31.2. The summed E-state index contributed by atoms with van der Waals surface area (Å²) in [5.41, 5.74) is 4.95. The molecule has 0 spiro atoms. The van der Waals surface area contributed by atoms with Gasteiger partial charge in [-0.2, -0.15) is 0 Å². The molecule has 1 rings (SSSR count). The van der Waals surface area contributed by atoms with Crippen LogP contribution in [0.3, 0.4) is 0 Å². The number of hydrogen-bond donors (Lipinski definition) is 3. The number of carbonyl (C=O) groups is 1. The fourth-order valence-corrected chi connectivity index (χ4v) is 1.23. The standard InChI is InChI=1S/C7H11N4O4P/c1-4(12)5(8)2-6-9-3-7(11-10-6)16(13,14)15/h3,5H,2,8H2,1H3,(H2,13,14,15)/t5-/m0/s1. The molecule has 1 atom stereocenters. The van der Waals surface area contributed by atoms with Crippen molar-refractivity contribution in [2.45, 2.75) is 19.4 Å². The van der Waals surface area contributed by atoms with E-state index in [9.17, 15) is 9.36 Å². The lowest BCUT2D eigenvalue weighted by molar-refractivity contribution is -0.118. The average molecular weight is 246 g/mol. The summed E-state index contributed by atoms with van der Waals surface area (Å²) < 4.78 is 10.7. The first-order valence-electron chi connectivity index (χ1n) is 4.31. The van der Waals surface area contributed by atoms with E-state index in [0.29, 0.717) is 0 Å². The molecule has 0 aliphatic rings. The molecule has 16 heavy (non-hydrogen) atoms. The van der Waals surface area contributed by atoms with Gasteiger partial charge in [-0.15, -0.1) is 10.2 Å². The zero-order valence-electron chi connectivity index (χ0n) is 8.44. The lowest BCUT2D eigenvalue weighted by Gasteiger charge is -2.06. The van der Waals surface area contributed by atoms with Gasteiger partial charge in [-0.25, -0.2) is 4.98 Å². The minimum Gasteiger partial charge on any atom is -0.321 e. The fraction of sp³-hybridized carbons (Fsp3) is 0.429. The molecule has 0 saturated heterocycles. The van der Waals surface area contributed by atoms with E-state index in [1.165, 1.54) is 6.92 Å². The van der Waals surface area contributed by atoms with Gasteiger partial charge >= 0.3 is 7.60 Å². The zero-order valence-corrected chi connectivity index (χ0v) is 9.33. The van der Waals surface area contributed by atoms with E-state index in [0.717, 1.165) is 6.20 Å². The van der Waals surface area contributed by atoms with Crippen LogP contribution in [0.5, 0.6) is 0 Å². The van der Waals surface area contributed by atoms with E-state index in [4.69, 9.17) is 15.5 Å². The van der Waals surface area contributed by atoms with Gasteiger partial charge in [-0.05, 0) is 6.92 Å². The Balaban J connectivity index is 2.80. The second-order valence-corrected chi connectivity index (χ2v) is 4.74. The lowest BCUT2D eigenvalue weighted by atomic mass is 10.1. The van der Waals surface area contributed by atoms with E-state index in [-0.39, 0.29) is 18.0 Å². The van der Waals surface area contributed by atoms with Crippen LogP contribution in [0.15, 0.2) is 6.20 Å². The molecule has 1 heterocycles. The van der Waals surface area contributed by atoms with Gasteiger partial charge in [0.1, 0.15) is 5.78 Å². The van der Waals surface area contributed by atoms with Crippen molar-refractivity contribution in [1.82, 2.24) is 15.2 Å². The van der Waals surface area contributed by atoms with Gasteiger partial charge in [0.2, 0.25) is 0 Å². The van der Waals surface area contributed by atoms with Crippen molar-refractivity contribution < 1.29 is 19.1 Å². The molecule has 1 aromatic heterocycles. The maximum Gasteiger partial charge on any atom is 0.377 e. The number of Topliss-reactive ketones (excluding diaryl/α,β-unsaturated/α-hetero) is 1. The van der Waals surface area contributed by atoms with Crippen molar-refractivity contribution in [1.29, 1.82) is 0 Å². The van der Waals surface area contributed by atoms with Gasteiger partial charge in [0.05, 0.1) is 12.2 Å². The predicted molar refractivity (Wildman–Crippen MR) is 53.9 cm³/mol. The molecule has 0 fully saturated rings. The molecule has 0 unspecified atom stereocenters. The van der Waals surface area contributed by atoms with Crippen LogP contribution in [-0.4, -0.2) is 36.8 Å². The highest BCUT2D eigenvalue weighted by Crippen LogP contribution is 2.30. The summed E-state index contributed by atoms with van der Waals surface area (Å²) in [6, 6.07) is -0.734. The minimum atomic E-state index is -4.43. The minimum absolute atomic E-state index is 0.0871. The van der Waals surface area contributed by atoms with Gasteiger partial charge < -0.3 is 15.5 Å². The maximum atomic E-state index is 10.8. The third-order valence-electron chi connectivity index (χ3n) is 1.82. The Labute approximate surface area is 91.1 Å². The normalized spacial score (nSPS) is 13.5. The zero-order chi connectivity index (χ0) is 12.3. The quantitative estimate of drug-likeness (QED) is 0.525. The molecule has 0 radical (unpaired) electrons. The first-order valence-corrected chi connectivity index (χ1v) is 5.92. The van der Waals surface area contributed by atoms with Gasteiger partial charge in [0, 0.05) is 6.42 Å². The molecule has 0 aliphatic heterocycles. The summed E-state index contributed by atoms with van der Waals surface area (Å²) in [5, 5.41) is 6.80. The van der Waals surface area contributed by atoms with Crippen LogP contribution >= 0.6 is 7.60 Å². The van der Waals surface area contributed by atoms with Crippen molar-refractivity contribution in [3.05, 3.63) is 12.0 Å². The molecule has 0 aliphatic carbocycles. The predicted octanol–water partition coefficient (Wildman–Crippen LogP) is -1.87. The molecule has 4 N–H and O–H groups in total. The number of ketones is 1. The van der Waals surface area contributed by atoms with E-state index in [1.54, 1.807) is 0 Å². The smallest absolute Gasteiger partial charge is 0.321 e. The van der Waals surface area contributed by atoms with Crippen molar-refractivity contribution in [2.24, 2.45) is 5.73 Å². The Kier molecular flexibility index (Phi) is 3.82. The average Bonchev–Trinajstić information content (AvgIpc) is 2.17. The van der Waals surface area contributed by atoms with Gasteiger partial charge in [0.15, 0.2) is 11.3 Å². The first kappa shape index (κ1) is 12.9. The second-order valence-electron chi connectivity index (χ2n) is 3.20. The van der Waals surface area contributed by atoms with Crippen LogP contribution in [-0.2, 0) is 15.8 Å². The lowest BCUT2D eigenvalue weighted by Crippen LogP contribution is -2.31. The number of aromatic nitrogens is 3. The van der Waals surface area contributed by atoms with E-state index in [1.807, 2.05) is 0 Å². The van der Waals surface area contributed by atoms with Gasteiger partial charge in [0.25, 0.3) is 0 Å². The largest absolute Gasteiger partial charge is 0.377 e. The molecule has 0 bridgehead atoms. The Morgan fingerprint density at radius 1 is 1.56 bits per heavy atom. The van der Waals surface area contributed by atoms with Crippen LogP contribution in [0.1, 0.15) is 12.7 Å². The molecule has 9 heteroatoms. The van der Waals surface area contributed by atoms with Crippen LogP contribution in [0, 0.1) is 0 Å². The molecule has 0 saturated carbocycles. The summed E-state index contributed by atoms with van der Waals surface area (Å²) in [5.74, 6) is -0.0532. The fourth-order valence-electron chi connectivity index (χ4n) is 0.860. The Morgan fingerprint density at radius 2 is 2.19 bits per heavy atom. The van der Waals surface area contributed by atoms with Crippen molar-refractivity contribution in [2.75, 3.05) is 0 Å².